The summed E-state index contributed by atoms with van der Waals surface area (Å²) in [5.41, 5.74) is 0.689. The first-order valence-corrected chi connectivity index (χ1v) is 6.74. The lowest BCUT2D eigenvalue weighted by Gasteiger charge is -2.16. The molecule has 18 heavy (non-hydrogen) atoms. The smallest absolute Gasteiger partial charge is 0.127 e. The van der Waals surface area contributed by atoms with Crippen LogP contribution in [-0.2, 0) is 11.2 Å². The second kappa shape index (κ2) is 8.46. The lowest BCUT2D eigenvalue weighted by Crippen LogP contribution is -2.29. The molecule has 1 atom stereocenters. The number of hydrogen-bond donors (Lipinski definition) is 1. The minimum Gasteiger partial charge on any atom is -0.381 e. The van der Waals surface area contributed by atoms with Crippen LogP contribution in [0.25, 0.3) is 0 Å². The summed E-state index contributed by atoms with van der Waals surface area (Å²) in [5, 5.41) is 3.62. The number of ether oxygens (including phenoxy) is 1. The molecule has 0 saturated heterocycles. The van der Waals surface area contributed by atoms with Crippen LogP contribution in [0.2, 0.25) is 5.02 Å². The number of halogens is 2. The fraction of sp³-hybridized carbons (Fsp3) is 0.571. The van der Waals surface area contributed by atoms with Crippen molar-refractivity contribution in [3.05, 3.63) is 34.6 Å². The predicted octanol–water partition coefficient (Wildman–Crippen LogP) is 3.43. The third kappa shape index (κ3) is 5.34. The fourth-order valence-corrected chi connectivity index (χ4v) is 1.93. The molecule has 2 nitrogen and oxygen atoms in total. The van der Waals surface area contributed by atoms with E-state index in [1.165, 1.54) is 6.07 Å². The van der Waals surface area contributed by atoms with Gasteiger partial charge in [-0.05, 0) is 44.0 Å². The van der Waals surface area contributed by atoms with Crippen molar-refractivity contribution in [3.63, 3.8) is 0 Å². The van der Waals surface area contributed by atoms with E-state index in [1.807, 2.05) is 7.05 Å². The fourth-order valence-electron chi connectivity index (χ4n) is 1.77. The van der Waals surface area contributed by atoms with Crippen LogP contribution in [0, 0.1) is 5.82 Å². The largest absolute Gasteiger partial charge is 0.381 e. The van der Waals surface area contributed by atoms with Crippen molar-refractivity contribution in [2.75, 3.05) is 20.3 Å². The van der Waals surface area contributed by atoms with Crippen molar-refractivity contribution < 1.29 is 9.13 Å². The van der Waals surface area contributed by atoms with Crippen molar-refractivity contribution in [2.24, 2.45) is 0 Å². The monoisotopic (exact) mass is 273 g/mol. The number of rotatable bonds is 8. The summed E-state index contributed by atoms with van der Waals surface area (Å²) >= 11 is 5.73. The maximum absolute atomic E-state index is 13.6. The van der Waals surface area contributed by atoms with Gasteiger partial charge < -0.3 is 10.1 Å². The van der Waals surface area contributed by atoms with E-state index in [1.54, 1.807) is 12.1 Å². The Balaban J connectivity index is 2.46. The maximum atomic E-state index is 13.6. The molecule has 1 aromatic rings. The molecule has 0 spiro atoms. The molecule has 0 aromatic heterocycles. The third-order valence-electron chi connectivity index (χ3n) is 2.85. The summed E-state index contributed by atoms with van der Waals surface area (Å²) in [7, 11) is 1.89. The van der Waals surface area contributed by atoms with Gasteiger partial charge in [-0.1, -0.05) is 24.6 Å². The molecular weight excluding hydrogens is 253 g/mol. The lowest BCUT2D eigenvalue weighted by molar-refractivity contribution is 0.125. The molecule has 102 valence electrons. The maximum Gasteiger partial charge on any atom is 0.127 e. The zero-order valence-electron chi connectivity index (χ0n) is 11.0. The molecule has 1 unspecified atom stereocenters. The van der Waals surface area contributed by atoms with E-state index >= 15 is 0 Å². The number of likely N-dealkylation sites (N-methyl/N-ethyl adjacent to an activating group) is 1. The normalized spacial score (nSPS) is 12.7. The van der Waals surface area contributed by atoms with Crippen molar-refractivity contribution in [1.82, 2.24) is 5.32 Å². The summed E-state index contributed by atoms with van der Waals surface area (Å²) in [4.78, 5) is 0. The Labute approximate surface area is 113 Å². The average Bonchev–Trinajstić information content (AvgIpc) is 2.35. The molecular formula is C14H21ClFNO. The summed E-state index contributed by atoms with van der Waals surface area (Å²) in [6.45, 7) is 3.57. The first kappa shape index (κ1) is 15.4. The van der Waals surface area contributed by atoms with Crippen LogP contribution in [0.5, 0.6) is 0 Å². The highest BCUT2D eigenvalue weighted by molar-refractivity contribution is 6.30. The first-order chi connectivity index (χ1) is 8.67. The van der Waals surface area contributed by atoms with Crippen LogP contribution in [-0.4, -0.2) is 26.3 Å². The molecule has 0 amide bonds. The van der Waals surface area contributed by atoms with Gasteiger partial charge in [-0.25, -0.2) is 4.39 Å². The summed E-state index contributed by atoms with van der Waals surface area (Å²) in [6.07, 6.45) is 2.55. The Morgan fingerprint density at radius 1 is 1.39 bits per heavy atom. The summed E-state index contributed by atoms with van der Waals surface area (Å²) in [6, 6.07) is 5.05. The van der Waals surface area contributed by atoms with E-state index in [0.717, 1.165) is 19.4 Å². The van der Waals surface area contributed by atoms with Crippen molar-refractivity contribution in [2.45, 2.75) is 32.2 Å². The van der Waals surface area contributed by atoms with Gasteiger partial charge in [0.1, 0.15) is 5.82 Å². The van der Waals surface area contributed by atoms with E-state index in [0.29, 0.717) is 23.6 Å². The zero-order valence-corrected chi connectivity index (χ0v) is 11.8. The van der Waals surface area contributed by atoms with Gasteiger partial charge >= 0.3 is 0 Å². The summed E-state index contributed by atoms with van der Waals surface area (Å²) < 4.78 is 19.1. The summed E-state index contributed by atoms with van der Waals surface area (Å²) in [5.74, 6) is -0.239. The van der Waals surface area contributed by atoms with E-state index in [9.17, 15) is 4.39 Å². The molecule has 0 aliphatic rings. The highest BCUT2D eigenvalue weighted by Gasteiger charge is 2.11. The van der Waals surface area contributed by atoms with Gasteiger partial charge in [0.25, 0.3) is 0 Å². The lowest BCUT2D eigenvalue weighted by atomic mass is 10.0. The zero-order chi connectivity index (χ0) is 13.4. The van der Waals surface area contributed by atoms with E-state index in [2.05, 4.69) is 12.2 Å². The van der Waals surface area contributed by atoms with E-state index < -0.39 is 0 Å². The van der Waals surface area contributed by atoms with Crippen LogP contribution >= 0.6 is 11.6 Å². The van der Waals surface area contributed by atoms with Crippen LogP contribution in [0.1, 0.15) is 25.3 Å². The van der Waals surface area contributed by atoms with Gasteiger partial charge in [-0.2, -0.15) is 0 Å². The minimum absolute atomic E-state index is 0.220. The van der Waals surface area contributed by atoms with Gasteiger partial charge in [0, 0.05) is 24.3 Å². The highest BCUT2D eigenvalue weighted by atomic mass is 35.5. The van der Waals surface area contributed by atoms with Crippen LogP contribution < -0.4 is 5.32 Å². The topological polar surface area (TPSA) is 21.3 Å². The predicted molar refractivity (Wildman–Crippen MR) is 73.7 cm³/mol. The van der Waals surface area contributed by atoms with Crippen LogP contribution in [0.3, 0.4) is 0 Å². The Morgan fingerprint density at radius 3 is 2.78 bits per heavy atom. The van der Waals surface area contributed by atoms with Gasteiger partial charge in [-0.15, -0.1) is 0 Å². The number of nitrogens with one attached hydrogen (secondary N) is 1. The SMILES string of the molecule is CCCOCCC(Cc1ccc(Cl)cc1F)NC. The Bertz CT molecular complexity index is 360. The second-order valence-electron chi connectivity index (χ2n) is 4.33. The van der Waals surface area contributed by atoms with Gasteiger partial charge in [0.15, 0.2) is 0 Å². The van der Waals surface area contributed by atoms with Crippen molar-refractivity contribution >= 4 is 11.6 Å². The average molecular weight is 274 g/mol. The highest BCUT2D eigenvalue weighted by Crippen LogP contribution is 2.16. The van der Waals surface area contributed by atoms with E-state index in [-0.39, 0.29) is 11.9 Å². The standard InChI is InChI=1S/C14H21ClFNO/c1-3-7-18-8-6-13(17-2)9-11-4-5-12(15)10-14(11)16/h4-5,10,13,17H,3,6-9H2,1-2H3. The Morgan fingerprint density at radius 2 is 2.17 bits per heavy atom. The molecule has 0 fully saturated rings. The quantitative estimate of drug-likeness (QED) is 0.733. The molecule has 0 aliphatic heterocycles. The van der Waals surface area contributed by atoms with Crippen molar-refractivity contribution in [1.29, 1.82) is 0 Å². The Kier molecular flexibility index (Phi) is 7.25. The van der Waals surface area contributed by atoms with E-state index in [4.69, 9.17) is 16.3 Å². The van der Waals surface area contributed by atoms with Crippen LogP contribution in [0.4, 0.5) is 4.39 Å². The number of benzene rings is 1. The third-order valence-corrected chi connectivity index (χ3v) is 3.08. The molecule has 0 saturated carbocycles. The molecule has 1 aromatic carbocycles. The number of hydrogen-bond acceptors (Lipinski definition) is 2. The second-order valence-corrected chi connectivity index (χ2v) is 4.76. The van der Waals surface area contributed by atoms with Crippen molar-refractivity contribution in [3.8, 4) is 0 Å². The molecule has 0 bridgehead atoms. The molecule has 4 heteroatoms. The molecule has 1 rings (SSSR count). The molecule has 0 heterocycles. The van der Waals surface area contributed by atoms with Gasteiger partial charge in [0.05, 0.1) is 0 Å². The first-order valence-electron chi connectivity index (χ1n) is 6.36. The molecule has 1 N–H and O–H groups in total. The van der Waals surface area contributed by atoms with Crippen LogP contribution in [0.15, 0.2) is 18.2 Å². The van der Waals surface area contributed by atoms with Gasteiger partial charge in [-0.3, -0.25) is 0 Å². The van der Waals surface area contributed by atoms with Gasteiger partial charge in [0.2, 0.25) is 0 Å². The minimum atomic E-state index is -0.239. The molecule has 0 radical (unpaired) electrons. The molecule has 0 aliphatic carbocycles. The Hall–Kier alpha value is -0.640.